The Labute approximate surface area is 161 Å². The summed E-state index contributed by atoms with van der Waals surface area (Å²) in [5.74, 6) is 0.883. The molecule has 27 heavy (non-hydrogen) atoms. The summed E-state index contributed by atoms with van der Waals surface area (Å²) in [6.45, 7) is 3.70. The van der Waals surface area contributed by atoms with Crippen LogP contribution >= 0.6 is 0 Å². The molecule has 0 amide bonds. The highest BCUT2D eigenvalue weighted by molar-refractivity contribution is 5.46. The number of benzene rings is 2. The Morgan fingerprint density at radius 2 is 1.74 bits per heavy atom. The van der Waals surface area contributed by atoms with Crippen molar-refractivity contribution < 1.29 is 9.84 Å². The second-order valence-electron chi connectivity index (χ2n) is 6.14. The molecule has 0 aliphatic carbocycles. The molecule has 0 bridgehead atoms. The number of nitrogens with zero attached hydrogens (tertiary/aromatic N) is 1. The minimum absolute atomic E-state index is 0.216. The van der Waals surface area contributed by atoms with Crippen molar-refractivity contribution in [1.29, 1.82) is 0 Å². The van der Waals surface area contributed by atoms with Gasteiger partial charge in [0.1, 0.15) is 5.75 Å². The molecule has 2 aromatic carbocycles. The molecule has 142 valence electrons. The van der Waals surface area contributed by atoms with Crippen LogP contribution in [0.2, 0.25) is 0 Å². The predicted octanol–water partition coefficient (Wildman–Crippen LogP) is 4.49. The number of pyridine rings is 1. The van der Waals surface area contributed by atoms with Crippen LogP contribution in [0.4, 0.5) is 5.69 Å². The number of hydrogen-bond acceptors (Lipinski definition) is 4. The molecule has 0 spiro atoms. The lowest BCUT2D eigenvalue weighted by Gasteiger charge is -2.08. The number of aryl methyl sites for hydroxylation is 1. The van der Waals surface area contributed by atoms with Crippen molar-refractivity contribution in [1.82, 2.24) is 4.98 Å². The predicted molar refractivity (Wildman–Crippen MR) is 111 cm³/mol. The second kappa shape index (κ2) is 12.5. The van der Waals surface area contributed by atoms with E-state index in [4.69, 9.17) is 9.84 Å². The maximum atomic E-state index is 8.72. The van der Waals surface area contributed by atoms with Crippen LogP contribution in [-0.2, 0) is 6.42 Å². The Kier molecular flexibility index (Phi) is 9.47. The Hall–Kier alpha value is -2.85. The quantitative estimate of drug-likeness (QED) is 0.578. The van der Waals surface area contributed by atoms with E-state index in [1.165, 1.54) is 11.1 Å². The molecule has 3 aromatic rings. The zero-order chi connectivity index (χ0) is 19.2. The van der Waals surface area contributed by atoms with Gasteiger partial charge in [-0.25, -0.2) is 0 Å². The molecule has 2 N–H and O–H groups in total. The van der Waals surface area contributed by atoms with Crippen LogP contribution in [0.5, 0.6) is 5.75 Å². The van der Waals surface area contributed by atoms with E-state index in [1.54, 1.807) is 6.20 Å². The van der Waals surface area contributed by atoms with Gasteiger partial charge in [0.05, 0.1) is 6.61 Å². The van der Waals surface area contributed by atoms with E-state index in [9.17, 15) is 0 Å². The lowest BCUT2D eigenvalue weighted by Crippen LogP contribution is -2.04. The molecule has 0 radical (unpaired) electrons. The van der Waals surface area contributed by atoms with Gasteiger partial charge in [-0.3, -0.25) is 4.98 Å². The molecule has 0 aliphatic rings. The van der Waals surface area contributed by atoms with Crippen LogP contribution in [0.15, 0.2) is 79.1 Å². The smallest absolute Gasteiger partial charge is 0.119 e. The molecule has 3 rings (SSSR count). The third-order valence-corrected chi connectivity index (χ3v) is 3.83. The van der Waals surface area contributed by atoms with Crippen LogP contribution in [0.1, 0.15) is 17.5 Å². The number of rotatable bonds is 8. The fourth-order valence-corrected chi connectivity index (χ4v) is 2.36. The first-order valence-electron chi connectivity index (χ1n) is 9.26. The summed E-state index contributed by atoms with van der Waals surface area (Å²) in [5, 5.41) is 12.0. The molecule has 0 unspecified atom stereocenters. The standard InChI is InChI=1S/C17H21NO2.C6H7N/c19-13-4-12-18-16-7-9-17(10-8-16)20-14-11-15-5-2-1-3-6-15;1-6-3-2-4-7-5-6/h1-3,5-10,18-19H,4,11-14H2;2-5H,1H3. The summed E-state index contributed by atoms with van der Waals surface area (Å²) in [5.41, 5.74) is 3.55. The third-order valence-electron chi connectivity index (χ3n) is 3.83. The Balaban J connectivity index is 0.000000313. The summed E-state index contributed by atoms with van der Waals surface area (Å²) in [6, 6.07) is 22.2. The van der Waals surface area contributed by atoms with Crippen molar-refractivity contribution in [2.45, 2.75) is 19.8 Å². The number of nitrogens with one attached hydrogen (secondary N) is 1. The molecule has 0 saturated heterocycles. The van der Waals surface area contributed by atoms with E-state index in [1.807, 2.05) is 67.7 Å². The first-order valence-corrected chi connectivity index (χ1v) is 9.26. The van der Waals surface area contributed by atoms with Gasteiger partial charge in [0.15, 0.2) is 0 Å². The molecule has 4 nitrogen and oxygen atoms in total. The van der Waals surface area contributed by atoms with Crippen molar-refractivity contribution in [2.75, 3.05) is 25.1 Å². The van der Waals surface area contributed by atoms with Crippen LogP contribution in [0, 0.1) is 6.92 Å². The number of aromatic nitrogens is 1. The Bertz CT molecular complexity index is 731. The van der Waals surface area contributed by atoms with E-state index in [-0.39, 0.29) is 6.61 Å². The highest BCUT2D eigenvalue weighted by atomic mass is 16.5. The first-order chi connectivity index (χ1) is 13.3. The van der Waals surface area contributed by atoms with E-state index in [0.717, 1.165) is 30.8 Å². The number of anilines is 1. The van der Waals surface area contributed by atoms with Crippen LogP contribution in [0.3, 0.4) is 0 Å². The number of aliphatic hydroxyl groups is 1. The summed E-state index contributed by atoms with van der Waals surface area (Å²) in [6.07, 6.45) is 5.28. The Morgan fingerprint density at radius 1 is 0.963 bits per heavy atom. The summed E-state index contributed by atoms with van der Waals surface area (Å²) < 4.78 is 5.72. The van der Waals surface area contributed by atoms with Gasteiger partial charge < -0.3 is 15.2 Å². The molecule has 0 saturated carbocycles. The van der Waals surface area contributed by atoms with Crippen molar-refractivity contribution in [3.63, 3.8) is 0 Å². The van der Waals surface area contributed by atoms with Gasteiger partial charge in [-0.2, -0.15) is 0 Å². The zero-order valence-corrected chi connectivity index (χ0v) is 15.8. The second-order valence-corrected chi connectivity index (χ2v) is 6.14. The van der Waals surface area contributed by atoms with E-state index < -0.39 is 0 Å². The summed E-state index contributed by atoms with van der Waals surface area (Å²) in [7, 11) is 0. The van der Waals surface area contributed by atoms with Gasteiger partial charge in [-0.05, 0) is 54.8 Å². The average molecular weight is 364 g/mol. The van der Waals surface area contributed by atoms with Crippen LogP contribution < -0.4 is 10.1 Å². The number of aliphatic hydroxyl groups excluding tert-OH is 1. The summed E-state index contributed by atoms with van der Waals surface area (Å²) in [4.78, 5) is 3.88. The molecule has 0 fully saturated rings. The molecular weight excluding hydrogens is 336 g/mol. The fourth-order valence-electron chi connectivity index (χ4n) is 2.36. The van der Waals surface area contributed by atoms with E-state index in [2.05, 4.69) is 22.4 Å². The SMILES string of the molecule is Cc1cccnc1.OCCCNc1ccc(OCCc2ccccc2)cc1. The zero-order valence-electron chi connectivity index (χ0n) is 15.8. The molecule has 4 heteroatoms. The van der Waals surface area contributed by atoms with Gasteiger partial charge in [-0.15, -0.1) is 0 Å². The largest absolute Gasteiger partial charge is 0.493 e. The minimum Gasteiger partial charge on any atom is -0.493 e. The maximum absolute atomic E-state index is 8.72. The molecule has 0 aliphatic heterocycles. The molecule has 1 aromatic heterocycles. The first kappa shape index (κ1) is 20.5. The topological polar surface area (TPSA) is 54.4 Å². The maximum Gasteiger partial charge on any atom is 0.119 e. The lowest BCUT2D eigenvalue weighted by atomic mass is 10.2. The van der Waals surface area contributed by atoms with Crippen LogP contribution in [-0.4, -0.2) is 29.8 Å². The van der Waals surface area contributed by atoms with Gasteiger partial charge in [0.2, 0.25) is 0 Å². The monoisotopic (exact) mass is 364 g/mol. The highest BCUT2D eigenvalue weighted by Crippen LogP contribution is 2.16. The minimum atomic E-state index is 0.216. The normalized spacial score (nSPS) is 9.85. The van der Waals surface area contributed by atoms with Gasteiger partial charge in [-0.1, -0.05) is 36.4 Å². The van der Waals surface area contributed by atoms with Crippen molar-refractivity contribution in [3.8, 4) is 5.75 Å². The Morgan fingerprint density at radius 3 is 2.33 bits per heavy atom. The summed E-state index contributed by atoms with van der Waals surface area (Å²) >= 11 is 0. The molecular formula is C23H28N2O2. The van der Waals surface area contributed by atoms with Gasteiger partial charge >= 0.3 is 0 Å². The van der Waals surface area contributed by atoms with Crippen molar-refractivity contribution in [3.05, 3.63) is 90.3 Å². The van der Waals surface area contributed by atoms with Crippen LogP contribution in [0.25, 0.3) is 0 Å². The fraction of sp³-hybridized carbons (Fsp3) is 0.261. The van der Waals surface area contributed by atoms with Crippen molar-refractivity contribution in [2.24, 2.45) is 0 Å². The van der Waals surface area contributed by atoms with E-state index >= 15 is 0 Å². The third kappa shape index (κ3) is 8.88. The average Bonchev–Trinajstić information content (AvgIpc) is 2.71. The van der Waals surface area contributed by atoms with Gasteiger partial charge in [0.25, 0.3) is 0 Å². The van der Waals surface area contributed by atoms with E-state index in [0.29, 0.717) is 6.61 Å². The van der Waals surface area contributed by atoms with Crippen molar-refractivity contribution >= 4 is 5.69 Å². The molecule has 0 atom stereocenters. The lowest BCUT2D eigenvalue weighted by molar-refractivity contribution is 0.292. The van der Waals surface area contributed by atoms with Gasteiger partial charge in [0, 0.05) is 37.7 Å². The molecule has 1 heterocycles. The number of ether oxygens (including phenoxy) is 1. The number of hydrogen-bond donors (Lipinski definition) is 2. The highest BCUT2D eigenvalue weighted by Gasteiger charge is 1.96.